The second kappa shape index (κ2) is 8.33. The first-order valence-electron chi connectivity index (χ1n) is 10.6. The van der Waals surface area contributed by atoms with E-state index in [0.717, 1.165) is 58.3 Å². The van der Waals surface area contributed by atoms with Gasteiger partial charge in [0.15, 0.2) is 0 Å². The van der Waals surface area contributed by atoms with Gasteiger partial charge in [-0.2, -0.15) is 0 Å². The summed E-state index contributed by atoms with van der Waals surface area (Å²) in [6, 6.07) is 9.60. The van der Waals surface area contributed by atoms with Crippen molar-refractivity contribution in [3.8, 4) is 0 Å². The van der Waals surface area contributed by atoms with Gasteiger partial charge in [-0.25, -0.2) is 0 Å². The van der Waals surface area contributed by atoms with E-state index in [1.54, 1.807) is 0 Å². The molecule has 6 heteroatoms. The molecule has 3 amide bonds. The quantitative estimate of drug-likeness (QED) is 0.804. The molecule has 28 heavy (non-hydrogen) atoms. The van der Waals surface area contributed by atoms with Crippen molar-refractivity contribution in [3.05, 3.63) is 35.9 Å². The molecule has 3 saturated heterocycles. The van der Waals surface area contributed by atoms with Crippen LogP contribution < -0.4 is 0 Å². The fraction of sp³-hybridized carbons (Fsp3) is 0.591. The van der Waals surface area contributed by atoms with Crippen molar-refractivity contribution in [2.75, 3.05) is 32.7 Å². The molecule has 6 nitrogen and oxygen atoms in total. The number of benzene rings is 1. The first-order chi connectivity index (χ1) is 13.6. The SMILES string of the molecule is O=C(c1ccccc1)N1CCCC(C(=O)N2CCC(N3CCCC3=O)CC2)C1. The Morgan fingerprint density at radius 3 is 2.29 bits per heavy atom. The molecule has 1 aromatic rings. The molecule has 0 spiro atoms. The maximum atomic E-state index is 13.1. The minimum Gasteiger partial charge on any atom is -0.342 e. The number of carbonyl (C=O) groups is 3. The molecular weight excluding hydrogens is 354 g/mol. The van der Waals surface area contributed by atoms with Gasteiger partial charge in [0.05, 0.1) is 5.92 Å². The highest BCUT2D eigenvalue weighted by atomic mass is 16.2. The van der Waals surface area contributed by atoms with Crippen LogP contribution in [0.3, 0.4) is 0 Å². The molecule has 3 fully saturated rings. The summed E-state index contributed by atoms with van der Waals surface area (Å²) in [6.07, 6.45) is 5.10. The van der Waals surface area contributed by atoms with Crippen molar-refractivity contribution in [1.29, 1.82) is 0 Å². The second-order valence-electron chi connectivity index (χ2n) is 8.20. The summed E-state index contributed by atoms with van der Waals surface area (Å²) in [6.45, 7) is 3.54. The summed E-state index contributed by atoms with van der Waals surface area (Å²) in [5.41, 5.74) is 0.687. The fourth-order valence-corrected chi connectivity index (χ4v) is 4.84. The number of amides is 3. The van der Waals surface area contributed by atoms with Gasteiger partial charge in [-0.05, 0) is 44.2 Å². The Morgan fingerprint density at radius 2 is 1.61 bits per heavy atom. The van der Waals surface area contributed by atoms with E-state index < -0.39 is 0 Å². The van der Waals surface area contributed by atoms with Gasteiger partial charge in [0.1, 0.15) is 0 Å². The lowest BCUT2D eigenvalue weighted by molar-refractivity contribution is -0.139. The van der Waals surface area contributed by atoms with Crippen molar-refractivity contribution >= 4 is 17.7 Å². The van der Waals surface area contributed by atoms with Crippen LogP contribution in [0.5, 0.6) is 0 Å². The molecule has 150 valence electrons. The molecule has 0 aliphatic carbocycles. The highest BCUT2D eigenvalue weighted by Crippen LogP contribution is 2.25. The van der Waals surface area contributed by atoms with E-state index in [1.807, 2.05) is 45.0 Å². The smallest absolute Gasteiger partial charge is 0.253 e. The number of rotatable bonds is 3. The molecule has 0 saturated carbocycles. The van der Waals surface area contributed by atoms with Crippen LogP contribution in [0.4, 0.5) is 0 Å². The Morgan fingerprint density at radius 1 is 0.857 bits per heavy atom. The van der Waals surface area contributed by atoms with Gasteiger partial charge in [0.25, 0.3) is 5.91 Å². The number of carbonyl (C=O) groups excluding carboxylic acids is 3. The summed E-state index contributed by atoms with van der Waals surface area (Å²) in [7, 11) is 0. The van der Waals surface area contributed by atoms with Crippen LogP contribution in [0.25, 0.3) is 0 Å². The lowest BCUT2D eigenvalue weighted by Crippen LogP contribution is -2.51. The highest BCUT2D eigenvalue weighted by Gasteiger charge is 2.35. The highest BCUT2D eigenvalue weighted by molar-refractivity contribution is 5.94. The Kier molecular flexibility index (Phi) is 5.64. The molecule has 3 aliphatic heterocycles. The summed E-state index contributed by atoms with van der Waals surface area (Å²) in [5, 5.41) is 0. The molecule has 0 aromatic heterocycles. The number of piperidine rings is 2. The third-order valence-corrected chi connectivity index (χ3v) is 6.41. The van der Waals surface area contributed by atoms with Crippen LogP contribution >= 0.6 is 0 Å². The molecule has 0 radical (unpaired) electrons. The van der Waals surface area contributed by atoms with Gasteiger partial charge in [0, 0.05) is 50.7 Å². The standard InChI is InChI=1S/C22H29N3O3/c26-20-9-5-13-25(20)19-10-14-23(15-11-19)22(28)18-8-4-12-24(16-18)21(27)17-6-2-1-3-7-17/h1-3,6-7,18-19H,4-5,8-16H2. The molecule has 3 heterocycles. The predicted octanol–water partition coefficient (Wildman–Crippen LogP) is 2.15. The Bertz CT molecular complexity index is 728. The van der Waals surface area contributed by atoms with E-state index in [0.29, 0.717) is 24.6 Å². The largest absolute Gasteiger partial charge is 0.342 e. The first-order valence-corrected chi connectivity index (χ1v) is 10.6. The summed E-state index contributed by atoms with van der Waals surface area (Å²) in [5.74, 6) is 0.361. The van der Waals surface area contributed by atoms with Crippen molar-refractivity contribution in [2.24, 2.45) is 5.92 Å². The lowest BCUT2D eigenvalue weighted by atomic mass is 9.94. The number of hydrogen-bond acceptors (Lipinski definition) is 3. The van der Waals surface area contributed by atoms with Gasteiger partial charge >= 0.3 is 0 Å². The zero-order valence-corrected chi connectivity index (χ0v) is 16.4. The van der Waals surface area contributed by atoms with Crippen LogP contribution in [-0.4, -0.2) is 71.2 Å². The minimum absolute atomic E-state index is 0.0179. The normalized spacial score (nSPS) is 23.9. The average Bonchev–Trinajstić information content (AvgIpc) is 3.19. The molecule has 1 atom stereocenters. The van der Waals surface area contributed by atoms with Crippen LogP contribution in [0.15, 0.2) is 30.3 Å². The van der Waals surface area contributed by atoms with Crippen LogP contribution in [0.2, 0.25) is 0 Å². The third-order valence-electron chi connectivity index (χ3n) is 6.41. The van der Waals surface area contributed by atoms with E-state index in [-0.39, 0.29) is 23.6 Å². The predicted molar refractivity (Wildman–Crippen MR) is 106 cm³/mol. The first kappa shape index (κ1) is 19.0. The van der Waals surface area contributed by atoms with Gasteiger partial charge in [-0.3, -0.25) is 14.4 Å². The molecule has 0 bridgehead atoms. The Labute approximate surface area is 166 Å². The van der Waals surface area contributed by atoms with Crippen molar-refractivity contribution in [1.82, 2.24) is 14.7 Å². The minimum atomic E-state index is -0.105. The fourth-order valence-electron chi connectivity index (χ4n) is 4.84. The van der Waals surface area contributed by atoms with E-state index >= 15 is 0 Å². The molecule has 1 unspecified atom stereocenters. The summed E-state index contributed by atoms with van der Waals surface area (Å²) >= 11 is 0. The lowest BCUT2D eigenvalue weighted by Gasteiger charge is -2.40. The van der Waals surface area contributed by atoms with Crippen molar-refractivity contribution in [2.45, 2.75) is 44.6 Å². The maximum absolute atomic E-state index is 13.1. The van der Waals surface area contributed by atoms with E-state index in [1.165, 1.54) is 0 Å². The van der Waals surface area contributed by atoms with Gasteiger partial charge in [-0.15, -0.1) is 0 Å². The van der Waals surface area contributed by atoms with Crippen molar-refractivity contribution < 1.29 is 14.4 Å². The molecule has 4 rings (SSSR count). The molecular formula is C22H29N3O3. The van der Waals surface area contributed by atoms with Crippen molar-refractivity contribution in [3.63, 3.8) is 0 Å². The topological polar surface area (TPSA) is 60.9 Å². The van der Waals surface area contributed by atoms with Gasteiger partial charge < -0.3 is 14.7 Å². The maximum Gasteiger partial charge on any atom is 0.253 e. The van der Waals surface area contributed by atoms with Gasteiger partial charge in [-0.1, -0.05) is 18.2 Å². The second-order valence-corrected chi connectivity index (χ2v) is 8.20. The summed E-state index contributed by atoms with van der Waals surface area (Å²) < 4.78 is 0. The third kappa shape index (κ3) is 3.91. The monoisotopic (exact) mass is 383 g/mol. The number of likely N-dealkylation sites (tertiary alicyclic amines) is 3. The van der Waals surface area contributed by atoms with E-state index in [4.69, 9.17) is 0 Å². The summed E-state index contributed by atoms with van der Waals surface area (Å²) in [4.78, 5) is 43.6. The van der Waals surface area contributed by atoms with Crippen LogP contribution in [0, 0.1) is 5.92 Å². The van der Waals surface area contributed by atoms with E-state index in [9.17, 15) is 14.4 Å². The average molecular weight is 383 g/mol. The zero-order valence-electron chi connectivity index (χ0n) is 16.4. The van der Waals surface area contributed by atoms with Crippen LogP contribution in [-0.2, 0) is 9.59 Å². The molecule has 3 aliphatic rings. The van der Waals surface area contributed by atoms with Crippen LogP contribution in [0.1, 0.15) is 48.9 Å². The zero-order chi connectivity index (χ0) is 19.5. The van der Waals surface area contributed by atoms with E-state index in [2.05, 4.69) is 0 Å². The Hall–Kier alpha value is -2.37. The molecule has 0 N–H and O–H groups in total. The van der Waals surface area contributed by atoms with Gasteiger partial charge in [0.2, 0.25) is 11.8 Å². The molecule has 1 aromatic carbocycles. The number of nitrogens with zero attached hydrogens (tertiary/aromatic N) is 3. The Balaban J connectivity index is 1.32. The number of hydrogen-bond donors (Lipinski definition) is 0.